The van der Waals surface area contributed by atoms with Crippen molar-refractivity contribution in [1.82, 2.24) is 15.1 Å². The van der Waals surface area contributed by atoms with Gasteiger partial charge in [-0.3, -0.25) is 14.6 Å². The Kier molecular flexibility index (Phi) is 8.95. The van der Waals surface area contributed by atoms with Crippen molar-refractivity contribution in [3.63, 3.8) is 0 Å². The topological polar surface area (TPSA) is 108 Å². The van der Waals surface area contributed by atoms with Gasteiger partial charge < -0.3 is 29.4 Å². The van der Waals surface area contributed by atoms with Crippen LogP contribution < -0.4 is 10.1 Å². The first-order chi connectivity index (χ1) is 16.6. The van der Waals surface area contributed by atoms with Crippen molar-refractivity contribution < 1.29 is 28.9 Å². The van der Waals surface area contributed by atoms with Crippen molar-refractivity contribution in [2.75, 3.05) is 52.5 Å². The van der Waals surface area contributed by atoms with Gasteiger partial charge in [0, 0.05) is 31.7 Å². The van der Waals surface area contributed by atoms with Crippen molar-refractivity contribution in [2.24, 2.45) is 0 Å². The van der Waals surface area contributed by atoms with Crippen LogP contribution in [-0.4, -0.2) is 90.6 Å². The van der Waals surface area contributed by atoms with E-state index in [0.717, 1.165) is 57.3 Å². The standard InChI is InChI=1S/C25H35N3O6/c29-18-22-8-7-21(34-22)16-28-9-1-2-24(30)23(17-28)26-25(31)19-3-5-20(6-4-19)33-15-12-27-10-13-32-14-11-27/h3-8,23-24,29-30H,1-2,9-18H2,(H,26,31)/t23-,24+/m0/s1. The molecule has 4 rings (SSSR count). The first-order valence-corrected chi connectivity index (χ1v) is 12.0. The molecule has 0 saturated carbocycles. The largest absolute Gasteiger partial charge is 0.492 e. The Morgan fingerprint density at radius 1 is 1.06 bits per heavy atom. The molecule has 0 unspecified atom stereocenters. The summed E-state index contributed by atoms with van der Waals surface area (Å²) in [6, 6.07) is 10.3. The molecule has 3 N–H and O–H groups in total. The molecule has 2 aliphatic heterocycles. The van der Waals surface area contributed by atoms with Crippen LogP contribution in [0.25, 0.3) is 0 Å². The van der Waals surface area contributed by atoms with Crippen molar-refractivity contribution >= 4 is 5.91 Å². The van der Waals surface area contributed by atoms with Gasteiger partial charge in [0.1, 0.15) is 30.5 Å². The number of nitrogens with one attached hydrogen (secondary N) is 1. The second-order valence-electron chi connectivity index (χ2n) is 8.88. The molecule has 1 aromatic heterocycles. The van der Waals surface area contributed by atoms with E-state index in [0.29, 0.717) is 37.4 Å². The van der Waals surface area contributed by atoms with E-state index in [1.165, 1.54) is 0 Å². The molecule has 9 heteroatoms. The molecule has 2 aliphatic rings. The van der Waals surface area contributed by atoms with Gasteiger partial charge >= 0.3 is 0 Å². The van der Waals surface area contributed by atoms with Crippen LogP contribution in [0.2, 0.25) is 0 Å². The number of carbonyl (C=O) groups excluding carboxylic acids is 1. The van der Waals surface area contributed by atoms with E-state index in [9.17, 15) is 15.0 Å². The Balaban J connectivity index is 1.27. The van der Waals surface area contributed by atoms with Crippen LogP contribution >= 0.6 is 0 Å². The number of hydrogen-bond acceptors (Lipinski definition) is 8. The Morgan fingerprint density at radius 3 is 2.56 bits per heavy atom. The molecule has 9 nitrogen and oxygen atoms in total. The fraction of sp³-hybridized carbons (Fsp3) is 0.560. The summed E-state index contributed by atoms with van der Waals surface area (Å²) in [4.78, 5) is 17.3. The third kappa shape index (κ3) is 7.04. The molecule has 0 aliphatic carbocycles. The number of aliphatic hydroxyl groups is 2. The normalized spacial score (nSPS) is 22.3. The van der Waals surface area contributed by atoms with Gasteiger partial charge in [0.25, 0.3) is 5.91 Å². The summed E-state index contributed by atoms with van der Waals surface area (Å²) in [7, 11) is 0. The van der Waals surface area contributed by atoms with Crippen LogP contribution in [0.4, 0.5) is 0 Å². The third-order valence-corrected chi connectivity index (χ3v) is 6.36. The van der Waals surface area contributed by atoms with Crippen molar-refractivity contribution in [2.45, 2.75) is 38.1 Å². The lowest BCUT2D eigenvalue weighted by atomic mass is 10.1. The number of rotatable bonds is 9. The van der Waals surface area contributed by atoms with Crippen molar-refractivity contribution in [3.05, 3.63) is 53.5 Å². The molecular weight excluding hydrogens is 438 g/mol. The van der Waals surface area contributed by atoms with Gasteiger partial charge in [-0.05, 0) is 55.8 Å². The average molecular weight is 474 g/mol. The van der Waals surface area contributed by atoms with Crippen LogP contribution in [0.15, 0.2) is 40.8 Å². The van der Waals surface area contributed by atoms with E-state index < -0.39 is 6.10 Å². The minimum absolute atomic E-state index is 0.130. The lowest BCUT2D eigenvalue weighted by Gasteiger charge is -2.26. The third-order valence-electron chi connectivity index (χ3n) is 6.36. The zero-order chi connectivity index (χ0) is 23.8. The van der Waals surface area contributed by atoms with Crippen molar-refractivity contribution in [3.8, 4) is 5.75 Å². The highest BCUT2D eigenvalue weighted by atomic mass is 16.5. The number of hydrogen-bond donors (Lipinski definition) is 3. The molecule has 1 amide bonds. The summed E-state index contributed by atoms with van der Waals surface area (Å²) in [5.74, 6) is 1.80. The van der Waals surface area contributed by atoms with Crippen LogP contribution in [-0.2, 0) is 17.9 Å². The number of benzene rings is 1. The maximum Gasteiger partial charge on any atom is 0.251 e. The summed E-state index contributed by atoms with van der Waals surface area (Å²) < 4.78 is 16.8. The first-order valence-electron chi connectivity index (χ1n) is 12.0. The fourth-order valence-corrected chi connectivity index (χ4v) is 4.39. The lowest BCUT2D eigenvalue weighted by molar-refractivity contribution is 0.0322. The number of aliphatic hydroxyl groups excluding tert-OH is 2. The number of furan rings is 1. The zero-order valence-electron chi connectivity index (χ0n) is 19.5. The van der Waals surface area contributed by atoms with Crippen LogP contribution in [0, 0.1) is 0 Å². The number of carbonyl (C=O) groups is 1. The van der Waals surface area contributed by atoms with Crippen LogP contribution in [0.5, 0.6) is 5.75 Å². The van der Waals surface area contributed by atoms with E-state index in [2.05, 4.69) is 15.1 Å². The monoisotopic (exact) mass is 473 g/mol. The molecule has 2 atom stereocenters. The molecule has 1 aromatic carbocycles. The SMILES string of the molecule is O=C(N[C@H]1CN(Cc2ccc(CO)o2)CCC[C@H]1O)c1ccc(OCCN2CCOCC2)cc1. The van der Waals surface area contributed by atoms with E-state index in [1.54, 1.807) is 30.3 Å². The summed E-state index contributed by atoms with van der Waals surface area (Å²) in [5.41, 5.74) is 0.530. The summed E-state index contributed by atoms with van der Waals surface area (Å²) in [6.45, 7) is 6.59. The average Bonchev–Trinajstić information content (AvgIpc) is 3.24. The Bertz CT molecular complexity index is 896. The number of morpholine rings is 1. The van der Waals surface area contributed by atoms with Crippen LogP contribution in [0.1, 0.15) is 34.7 Å². The van der Waals surface area contributed by atoms with E-state index in [4.69, 9.17) is 13.9 Å². The molecule has 0 bridgehead atoms. The molecular formula is C25H35N3O6. The maximum atomic E-state index is 12.9. The molecule has 0 radical (unpaired) electrons. The molecule has 186 valence electrons. The quantitative estimate of drug-likeness (QED) is 0.499. The first kappa shape index (κ1) is 24.7. The van der Waals surface area contributed by atoms with E-state index in [1.807, 2.05) is 6.07 Å². The number of ether oxygens (including phenoxy) is 2. The minimum Gasteiger partial charge on any atom is -0.492 e. The predicted octanol–water partition coefficient (Wildman–Crippen LogP) is 1.24. The number of nitrogens with zero attached hydrogens (tertiary/aromatic N) is 2. The minimum atomic E-state index is -0.610. The second kappa shape index (κ2) is 12.3. The molecule has 2 fully saturated rings. The highest BCUT2D eigenvalue weighted by molar-refractivity contribution is 5.94. The Morgan fingerprint density at radius 2 is 1.82 bits per heavy atom. The van der Waals surface area contributed by atoms with Gasteiger partial charge in [0.05, 0.1) is 31.9 Å². The molecule has 34 heavy (non-hydrogen) atoms. The smallest absolute Gasteiger partial charge is 0.251 e. The predicted molar refractivity (Wildman–Crippen MR) is 126 cm³/mol. The van der Waals surface area contributed by atoms with Gasteiger partial charge in [0.2, 0.25) is 0 Å². The van der Waals surface area contributed by atoms with Gasteiger partial charge in [-0.2, -0.15) is 0 Å². The maximum absolute atomic E-state index is 12.9. The molecule has 2 saturated heterocycles. The van der Waals surface area contributed by atoms with Gasteiger partial charge in [-0.25, -0.2) is 0 Å². The zero-order valence-corrected chi connectivity index (χ0v) is 19.5. The highest BCUT2D eigenvalue weighted by Gasteiger charge is 2.28. The summed E-state index contributed by atoms with van der Waals surface area (Å²) in [6.07, 6.45) is 0.844. The van der Waals surface area contributed by atoms with Gasteiger partial charge in [0.15, 0.2) is 0 Å². The second-order valence-corrected chi connectivity index (χ2v) is 8.88. The molecule has 0 spiro atoms. The Hall–Kier alpha value is -2.43. The van der Waals surface area contributed by atoms with Crippen LogP contribution in [0.3, 0.4) is 0 Å². The number of amides is 1. The number of likely N-dealkylation sites (tertiary alicyclic amines) is 1. The lowest BCUT2D eigenvalue weighted by Crippen LogP contribution is -2.48. The Labute approximate surface area is 200 Å². The van der Waals surface area contributed by atoms with E-state index >= 15 is 0 Å². The summed E-state index contributed by atoms with van der Waals surface area (Å²) in [5, 5.41) is 22.8. The van der Waals surface area contributed by atoms with Gasteiger partial charge in [-0.1, -0.05) is 0 Å². The van der Waals surface area contributed by atoms with Crippen molar-refractivity contribution in [1.29, 1.82) is 0 Å². The molecule has 2 aromatic rings. The molecule has 3 heterocycles. The fourth-order valence-electron chi connectivity index (χ4n) is 4.39. The van der Waals surface area contributed by atoms with E-state index in [-0.39, 0.29) is 18.6 Å². The summed E-state index contributed by atoms with van der Waals surface area (Å²) >= 11 is 0. The van der Waals surface area contributed by atoms with Gasteiger partial charge in [-0.15, -0.1) is 0 Å². The highest BCUT2D eigenvalue weighted by Crippen LogP contribution is 2.18.